The second kappa shape index (κ2) is 7.49. The molecule has 2 rings (SSSR count). The Labute approximate surface area is 150 Å². The lowest BCUT2D eigenvalue weighted by Gasteiger charge is -2.31. The Morgan fingerprint density at radius 1 is 1.31 bits per heavy atom. The van der Waals surface area contributed by atoms with Crippen molar-refractivity contribution in [2.45, 2.75) is 38.9 Å². The van der Waals surface area contributed by atoms with E-state index in [1.165, 1.54) is 18.2 Å². The largest absolute Gasteiger partial charge is 0.433 e. The van der Waals surface area contributed by atoms with Gasteiger partial charge in [-0.25, -0.2) is 4.68 Å². The van der Waals surface area contributed by atoms with Crippen LogP contribution in [0.25, 0.3) is 5.69 Å². The number of aromatic nitrogens is 2. The molecule has 0 aliphatic carbocycles. The zero-order chi connectivity index (χ0) is 19.5. The fraction of sp³-hybridized carbons (Fsp3) is 0.444. The summed E-state index contributed by atoms with van der Waals surface area (Å²) in [7, 11) is 0. The highest BCUT2D eigenvalue weighted by Gasteiger charge is 2.35. The highest BCUT2D eigenvalue weighted by Crippen LogP contribution is 2.30. The fourth-order valence-corrected chi connectivity index (χ4v) is 2.94. The molecule has 2 aromatic rings. The van der Waals surface area contributed by atoms with Crippen molar-refractivity contribution in [3.05, 3.63) is 47.8 Å². The Kier molecular flexibility index (Phi) is 5.75. The van der Waals surface area contributed by atoms with Crippen molar-refractivity contribution in [1.82, 2.24) is 15.1 Å². The molecule has 3 N–H and O–H groups in total. The van der Waals surface area contributed by atoms with Gasteiger partial charge in [0, 0.05) is 17.6 Å². The van der Waals surface area contributed by atoms with Gasteiger partial charge in [0.1, 0.15) is 5.69 Å². The lowest BCUT2D eigenvalue weighted by Crippen LogP contribution is -2.52. The maximum Gasteiger partial charge on any atom is 0.433 e. The number of carbonyl (C=O) groups is 1. The van der Waals surface area contributed by atoms with E-state index in [0.29, 0.717) is 12.3 Å². The molecule has 26 heavy (non-hydrogen) atoms. The molecular weight excluding hydrogens is 345 g/mol. The summed E-state index contributed by atoms with van der Waals surface area (Å²) in [4.78, 5) is 12.6. The van der Waals surface area contributed by atoms with Crippen molar-refractivity contribution in [1.29, 1.82) is 0 Å². The van der Waals surface area contributed by atoms with E-state index in [1.54, 1.807) is 6.07 Å². The minimum absolute atomic E-state index is 0.160. The van der Waals surface area contributed by atoms with E-state index in [9.17, 15) is 18.0 Å². The van der Waals surface area contributed by atoms with Crippen LogP contribution >= 0.6 is 0 Å². The summed E-state index contributed by atoms with van der Waals surface area (Å²) in [5.74, 6) is -0.0604. The zero-order valence-electron chi connectivity index (χ0n) is 15.0. The normalized spacial score (nSPS) is 14.3. The van der Waals surface area contributed by atoms with Crippen LogP contribution in [0.4, 0.5) is 13.2 Å². The Hall–Kier alpha value is -2.35. The van der Waals surface area contributed by atoms with E-state index in [2.05, 4.69) is 10.4 Å². The van der Waals surface area contributed by atoms with Crippen LogP contribution in [0, 0.1) is 5.92 Å². The van der Waals surface area contributed by atoms with E-state index >= 15 is 0 Å². The minimum atomic E-state index is -4.54. The molecule has 0 radical (unpaired) electrons. The number of carbonyl (C=O) groups excluding carboxylic acids is 1. The molecule has 1 atom stereocenters. The maximum absolute atomic E-state index is 13.1. The molecule has 1 aromatic heterocycles. The standard InChI is InChI=1S/C18H23F3N4O/c1-12(2)10-17(3,11-22)24-16(26)13-5-4-6-14(9-13)25-15(7-8-23-25)18(19,20)21/h4-9,12H,10-11,22H2,1-3H3,(H,24,26). The van der Waals surface area contributed by atoms with Crippen LogP contribution in [-0.4, -0.2) is 27.8 Å². The molecule has 1 unspecified atom stereocenters. The summed E-state index contributed by atoms with van der Waals surface area (Å²) >= 11 is 0. The van der Waals surface area contributed by atoms with Gasteiger partial charge >= 0.3 is 6.18 Å². The van der Waals surface area contributed by atoms with Gasteiger partial charge in [-0.05, 0) is 43.5 Å². The number of benzene rings is 1. The average molecular weight is 368 g/mol. The van der Waals surface area contributed by atoms with Crippen LogP contribution in [-0.2, 0) is 6.18 Å². The molecule has 1 amide bonds. The molecular formula is C18H23F3N4O. The van der Waals surface area contributed by atoms with Crippen molar-refractivity contribution in [2.24, 2.45) is 11.7 Å². The third-order valence-electron chi connectivity index (χ3n) is 4.01. The predicted molar refractivity (Wildman–Crippen MR) is 92.9 cm³/mol. The molecule has 8 heteroatoms. The number of nitrogens with two attached hydrogens (primary N) is 1. The van der Waals surface area contributed by atoms with Crippen LogP contribution in [0.15, 0.2) is 36.5 Å². The van der Waals surface area contributed by atoms with Crippen LogP contribution in [0.1, 0.15) is 43.2 Å². The highest BCUT2D eigenvalue weighted by atomic mass is 19.4. The first-order valence-electron chi connectivity index (χ1n) is 8.30. The molecule has 0 aliphatic heterocycles. The second-order valence-corrected chi connectivity index (χ2v) is 6.99. The van der Waals surface area contributed by atoms with E-state index in [4.69, 9.17) is 5.73 Å². The third kappa shape index (κ3) is 4.63. The zero-order valence-corrected chi connectivity index (χ0v) is 15.0. The highest BCUT2D eigenvalue weighted by molar-refractivity contribution is 5.95. The number of nitrogens with zero attached hydrogens (tertiary/aromatic N) is 2. The fourth-order valence-electron chi connectivity index (χ4n) is 2.94. The average Bonchev–Trinajstić information content (AvgIpc) is 3.04. The SMILES string of the molecule is CC(C)CC(C)(CN)NC(=O)c1cccc(-n2nccc2C(F)(F)F)c1. The summed E-state index contributed by atoms with van der Waals surface area (Å²) in [6.45, 7) is 6.16. The molecule has 5 nitrogen and oxygen atoms in total. The number of alkyl halides is 3. The Balaban J connectivity index is 2.30. The van der Waals surface area contributed by atoms with Gasteiger partial charge < -0.3 is 11.1 Å². The van der Waals surface area contributed by atoms with E-state index in [1.807, 2.05) is 20.8 Å². The summed E-state index contributed by atoms with van der Waals surface area (Å²) in [5, 5.41) is 6.62. The maximum atomic E-state index is 13.1. The van der Waals surface area contributed by atoms with Gasteiger partial charge in [-0.1, -0.05) is 19.9 Å². The quantitative estimate of drug-likeness (QED) is 0.821. The third-order valence-corrected chi connectivity index (χ3v) is 4.01. The van der Waals surface area contributed by atoms with Crippen molar-refractivity contribution in [3.8, 4) is 5.69 Å². The Morgan fingerprint density at radius 2 is 2.00 bits per heavy atom. The topological polar surface area (TPSA) is 72.9 Å². The van der Waals surface area contributed by atoms with Gasteiger partial charge in [-0.15, -0.1) is 0 Å². The first kappa shape index (κ1) is 20.0. The minimum Gasteiger partial charge on any atom is -0.346 e. The molecule has 1 aromatic carbocycles. The molecule has 0 spiro atoms. The van der Waals surface area contributed by atoms with Gasteiger partial charge in [-0.2, -0.15) is 18.3 Å². The van der Waals surface area contributed by atoms with Gasteiger partial charge in [0.25, 0.3) is 5.91 Å². The lowest BCUT2D eigenvalue weighted by atomic mass is 9.90. The number of nitrogens with one attached hydrogen (secondary N) is 1. The van der Waals surface area contributed by atoms with Gasteiger partial charge in [0.05, 0.1) is 11.9 Å². The number of amides is 1. The molecule has 142 valence electrons. The summed E-state index contributed by atoms with van der Waals surface area (Å²) in [5.41, 5.74) is 4.71. The van der Waals surface area contributed by atoms with E-state index < -0.39 is 17.4 Å². The van der Waals surface area contributed by atoms with Crippen molar-refractivity contribution in [2.75, 3.05) is 6.54 Å². The monoisotopic (exact) mass is 368 g/mol. The van der Waals surface area contributed by atoms with Crippen LogP contribution in [0.3, 0.4) is 0 Å². The molecule has 0 aliphatic rings. The lowest BCUT2D eigenvalue weighted by molar-refractivity contribution is -0.142. The molecule has 0 fully saturated rings. The Bertz CT molecular complexity index is 770. The molecule has 0 saturated carbocycles. The van der Waals surface area contributed by atoms with Gasteiger partial charge in [0.15, 0.2) is 0 Å². The second-order valence-electron chi connectivity index (χ2n) is 6.99. The van der Waals surface area contributed by atoms with E-state index in [0.717, 1.165) is 16.9 Å². The van der Waals surface area contributed by atoms with E-state index in [-0.39, 0.29) is 23.7 Å². The van der Waals surface area contributed by atoms with Crippen molar-refractivity contribution < 1.29 is 18.0 Å². The van der Waals surface area contributed by atoms with Crippen LogP contribution in [0.2, 0.25) is 0 Å². The van der Waals surface area contributed by atoms with Crippen LogP contribution in [0.5, 0.6) is 0 Å². The van der Waals surface area contributed by atoms with Gasteiger partial charge in [-0.3, -0.25) is 4.79 Å². The van der Waals surface area contributed by atoms with Crippen molar-refractivity contribution >= 4 is 5.91 Å². The number of halogens is 3. The summed E-state index contributed by atoms with van der Waals surface area (Å²) in [6, 6.07) is 6.80. The first-order chi connectivity index (χ1) is 12.1. The van der Waals surface area contributed by atoms with Crippen LogP contribution < -0.4 is 11.1 Å². The predicted octanol–water partition coefficient (Wildman–Crippen LogP) is 3.38. The number of hydrogen-bond donors (Lipinski definition) is 2. The van der Waals surface area contributed by atoms with Crippen molar-refractivity contribution in [3.63, 3.8) is 0 Å². The first-order valence-corrected chi connectivity index (χ1v) is 8.30. The summed E-state index contributed by atoms with van der Waals surface area (Å²) < 4.78 is 40.0. The molecule has 0 saturated heterocycles. The molecule has 1 heterocycles. The number of rotatable bonds is 6. The van der Waals surface area contributed by atoms with Gasteiger partial charge in [0.2, 0.25) is 0 Å². The Morgan fingerprint density at radius 3 is 2.58 bits per heavy atom. The number of hydrogen-bond acceptors (Lipinski definition) is 3. The molecule has 0 bridgehead atoms. The summed E-state index contributed by atoms with van der Waals surface area (Å²) in [6.07, 6.45) is -2.78. The smallest absolute Gasteiger partial charge is 0.346 e.